The fourth-order valence-electron chi connectivity index (χ4n) is 14.5. The molecular formula is C92H180O17P2. The summed E-state index contributed by atoms with van der Waals surface area (Å²) in [5.41, 5.74) is 0. The summed E-state index contributed by atoms with van der Waals surface area (Å²) in [4.78, 5) is 73.4. The average molecular weight is 1620 g/mol. The maximum absolute atomic E-state index is 13.2. The number of aliphatic hydroxyl groups is 1. The lowest BCUT2D eigenvalue weighted by molar-refractivity contribution is -0.161. The van der Waals surface area contributed by atoms with E-state index in [4.69, 9.17) is 37.0 Å². The van der Waals surface area contributed by atoms with E-state index in [-0.39, 0.29) is 25.7 Å². The maximum atomic E-state index is 13.2. The first-order chi connectivity index (χ1) is 53.9. The molecule has 0 amide bonds. The Morgan fingerprint density at radius 1 is 0.243 bits per heavy atom. The summed E-state index contributed by atoms with van der Waals surface area (Å²) in [5.74, 6) is -0.464. The van der Waals surface area contributed by atoms with Crippen LogP contribution in [-0.4, -0.2) is 96.7 Å². The van der Waals surface area contributed by atoms with Gasteiger partial charge in [0.1, 0.15) is 19.3 Å². The highest BCUT2D eigenvalue weighted by Crippen LogP contribution is 2.45. The van der Waals surface area contributed by atoms with Crippen LogP contribution >= 0.6 is 15.6 Å². The molecule has 0 aromatic rings. The van der Waals surface area contributed by atoms with E-state index in [1.807, 2.05) is 0 Å². The predicted octanol–water partition coefficient (Wildman–Crippen LogP) is 28.6. The van der Waals surface area contributed by atoms with Gasteiger partial charge < -0.3 is 33.8 Å². The number of carbonyl (C=O) groups is 4. The van der Waals surface area contributed by atoms with Gasteiger partial charge in [-0.15, -0.1) is 0 Å². The highest BCUT2D eigenvalue weighted by molar-refractivity contribution is 7.47. The Morgan fingerprint density at radius 2 is 0.414 bits per heavy atom. The summed E-state index contributed by atoms with van der Waals surface area (Å²) in [6, 6.07) is 0. The van der Waals surface area contributed by atoms with Crippen molar-refractivity contribution >= 4 is 39.5 Å². The van der Waals surface area contributed by atoms with Crippen molar-refractivity contribution in [1.82, 2.24) is 0 Å². The van der Waals surface area contributed by atoms with Gasteiger partial charge in [-0.1, -0.05) is 446 Å². The molecule has 0 aromatic carbocycles. The van der Waals surface area contributed by atoms with Crippen molar-refractivity contribution in [3.8, 4) is 0 Å². The number of aliphatic hydroxyl groups excluding tert-OH is 1. The van der Waals surface area contributed by atoms with E-state index < -0.39 is 97.5 Å². The number of hydrogen-bond acceptors (Lipinski definition) is 15. The topological polar surface area (TPSA) is 237 Å². The van der Waals surface area contributed by atoms with Gasteiger partial charge in [0.15, 0.2) is 12.2 Å². The van der Waals surface area contributed by atoms with Crippen molar-refractivity contribution in [2.24, 2.45) is 11.8 Å². The van der Waals surface area contributed by atoms with Gasteiger partial charge >= 0.3 is 39.5 Å². The number of phosphoric acid groups is 2. The second kappa shape index (κ2) is 83.1. The summed E-state index contributed by atoms with van der Waals surface area (Å²) in [5, 5.41) is 10.7. The van der Waals surface area contributed by atoms with Gasteiger partial charge in [0.2, 0.25) is 0 Å². The van der Waals surface area contributed by atoms with Crippen LogP contribution in [0.5, 0.6) is 0 Å². The molecule has 3 N–H and O–H groups in total. The number of unbranched alkanes of at least 4 members (excludes halogenated alkanes) is 61. The van der Waals surface area contributed by atoms with E-state index in [0.29, 0.717) is 25.7 Å². The molecule has 0 saturated heterocycles. The number of rotatable bonds is 91. The van der Waals surface area contributed by atoms with Gasteiger partial charge in [-0.3, -0.25) is 37.3 Å². The molecule has 0 rings (SSSR count). The van der Waals surface area contributed by atoms with Gasteiger partial charge in [-0.2, -0.15) is 0 Å². The Morgan fingerprint density at radius 3 is 0.613 bits per heavy atom. The first-order valence-electron chi connectivity index (χ1n) is 47.5. The zero-order chi connectivity index (χ0) is 81.3. The van der Waals surface area contributed by atoms with E-state index in [1.54, 1.807) is 0 Å². The van der Waals surface area contributed by atoms with Gasteiger partial charge in [0.25, 0.3) is 0 Å². The number of carbonyl (C=O) groups excluding carboxylic acids is 4. The smallest absolute Gasteiger partial charge is 0.462 e. The predicted molar refractivity (Wildman–Crippen MR) is 460 cm³/mol. The Hall–Kier alpha value is -1.94. The second-order valence-electron chi connectivity index (χ2n) is 34.0. The SMILES string of the molecule is CCCCCCCCCCCCCCCCCCCCCCCCC(=O)O[C@H](COC(=O)CCCCCCCCCCCCCCCCCCCCC(C)C)COP(=O)(O)OC[C@@H](O)COP(=O)(O)OC[C@@H](COC(=O)CCCCCCCCCCC)OC(=O)CCCCCCCCCCCCCCCCCCC(C)C. The molecule has 5 atom stereocenters. The Balaban J connectivity index is 5.19. The van der Waals surface area contributed by atoms with Crippen molar-refractivity contribution in [2.45, 2.75) is 516 Å². The highest BCUT2D eigenvalue weighted by Gasteiger charge is 2.31. The van der Waals surface area contributed by atoms with E-state index in [9.17, 15) is 43.2 Å². The number of hydrogen-bond donors (Lipinski definition) is 3. The molecule has 0 heterocycles. The van der Waals surface area contributed by atoms with Crippen LogP contribution in [0, 0.1) is 11.8 Å². The molecule has 17 nitrogen and oxygen atoms in total. The third kappa shape index (κ3) is 85.8. The van der Waals surface area contributed by atoms with E-state index >= 15 is 0 Å². The molecule has 0 radical (unpaired) electrons. The minimum atomic E-state index is -4.97. The summed E-state index contributed by atoms with van der Waals surface area (Å²) in [6.07, 6.45) is 78.0. The van der Waals surface area contributed by atoms with E-state index in [2.05, 4.69) is 41.5 Å². The minimum Gasteiger partial charge on any atom is -0.462 e. The zero-order valence-electron chi connectivity index (χ0n) is 73.3. The summed E-state index contributed by atoms with van der Waals surface area (Å²) >= 11 is 0. The lowest BCUT2D eigenvalue weighted by Crippen LogP contribution is -2.30. The number of esters is 4. The Bertz CT molecular complexity index is 2120. The van der Waals surface area contributed by atoms with Crippen molar-refractivity contribution < 1.29 is 80.2 Å². The van der Waals surface area contributed by atoms with Crippen LogP contribution in [0.4, 0.5) is 0 Å². The van der Waals surface area contributed by atoms with Crippen LogP contribution in [0.25, 0.3) is 0 Å². The van der Waals surface area contributed by atoms with Crippen LogP contribution in [-0.2, 0) is 65.4 Å². The van der Waals surface area contributed by atoms with E-state index in [1.165, 1.54) is 315 Å². The molecule has 0 bridgehead atoms. The zero-order valence-corrected chi connectivity index (χ0v) is 75.1. The van der Waals surface area contributed by atoms with Crippen molar-refractivity contribution in [1.29, 1.82) is 0 Å². The minimum absolute atomic E-state index is 0.108. The van der Waals surface area contributed by atoms with E-state index in [0.717, 1.165) is 102 Å². The molecule has 19 heteroatoms. The highest BCUT2D eigenvalue weighted by atomic mass is 31.2. The summed E-state index contributed by atoms with van der Waals surface area (Å²) in [7, 11) is -9.93. The van der Waals surface area contributed by atoms with Crippen LogP contribution < -0.4 is 0 Å². The van der Waals surface area contributed by atoms with Gasteiger partial charge in [0, 0.05) is 25.7 Å². The molecule has 660 valence electrons. The maximum Gasteiger partial charge on any atom is 0.472 e. The lowest BCUT2D eigenvalue weighted by Gasteiger charge is -2.21. The molecule has 0 aliphatic carbocycles. The molecule has 2 unspecified atom stereocenters. The Labute approximate surface area is 683 Å². The standard InChI is InChI=1S/C92H180O17P2/c1-7-9-11-13-15-17-18-19-20-21-22-23-24-25-30-36-41-46-52-58-64-70-77-92(97)109-88(81-103-90(95)75-69-63-57-51-45-40-35-29-27-26-28-33-38-43-49-54-60-66-72-84(3)4)83-107-111(100,101)105-79-86(93)78-104-110(98,99)106-82-87(80-102-89(94)74-68-62-56-48-16-14-12-10-8-2)108-91(96)76-71-65-59-53-47-42-37-32-31-34-39-44-50-55-61-67-73-85(5)6/h84-88,93H,7-83H2,1-6H3,(H,98,99)(H,100,101)/t86-,87+,88+/m0/s1. The van der Waals surface area contributed by atoms with Gasteiger partial charge in [-0.25, -0.2) is 9.13 Å². The normalized spacial score (nSPS) is 13.7. The second-order valence-corrected chi connectivity index (χ2v) is 36.9. The van der Waals surface area contributed by atoms with Gasteiger partial charge in [-0.05, 0) is 37.5 Å². The molecular weight excluding hydrogens is 1440 g/mol. The van der Waals surface area contributed by atoms with Crippen LogP contribution in [0.2, 0.25) is 0 Å². The van der Waals surface area contributed by atoms with Crippen LogP contribution in [0.1, 0.15) is 497 Å². The molecule has 0 saturated carbocycles. The fraction of sp³-hybridized carbons (Fsp3) is 0.957. The third-order valence-electron chi connectivity index (χ3n) is 21.7. The molecule has 0 spiro atoms. The summed E-state index contributed by atoms with van der Waals surface area (Å²) in [6.45, 7) is 9.75. The first kappa shape index (κ1) is 109. The van der Waals surface area contributed by atoms with Crippen molar-refractivity contribution in [2.75, 3.05) is 39.6 Å². The largest absolute Gasteiger partial charge is 0.472 e. The van der Waals surface area contributed by atoms with Crippen LogP contribution in [0.3, 0.4) is 0 Å². The molecule has 111 heavy (non-hydrogen) atoms. The third-order valence-corrected chi connectivity index (χ3v) is 23.6. The fourth-order valence-corrected chi connectivity index (χ4v) is 16.1. The number of ether oxygens (including phenoxy) is 4. The number of phosphoric ester groups is 2. The average Bonchev–Trinajstić information content (AvgIpc) is 0.898. The van der Waals surface area contributed by atoms with Gasteiger partial charge in [0.05, 0.1) is 26.4 Å². The quantitative estimate of drug-likeness (QED) is 0.0222. The first-order valence-corrected chi connectivity index (χ1v) is 50.5. The molecule has 0 fully saturated rings. The molecule has 0 aliphatic heterocycles. The van der Waals surface area contributed by atoms with Crippen molar-refractivity contribution in [3.63, 3.8) is 0 Å². The molecule has 0 aliphatic rings. The lowest BCUT2D eigenvalue weighted by atomic mass is 10.0. The monoisotopic (exact) mass is 1620 g/mol. The Kier molecular flexibility index (Phi) is 81.7. The van der Waals surface area contributed by atoms with Crippen LogP contribution in [0.15, 0.2) is 0 Å². The van der Waals surface area contributed by atoms with Crippen molar-refractivity contribution in [3.05, 3.63) is 0 Å². The summed E-state index contributed by atoms with van der Waals surface area (Å²) < 4.78 is 69.0. The molecule has 0 aromatic heterocycles.